The van der Waals surface area contributed by atoms with Gasteiger partial charge < -0.3 is 27.9 Å². The zero-order valence-electron chi connectivity index (χ0n) is 49.0. The van der Waals surface area contributed by atoms with E-state index in [1.807, 2.05) is 33.3 Å². The average Bonchev–Trinajstić information content (AvgIpc) is 3.41. The summed E-state index contributed by atoms with van der Waals surface area (Å²) in [6.45, 7) is 3.82. The van der Waals surface area contributed by atoms with Gasteiger partial charge in [-0.3, -0.25) is 14.2 Å². The molecule has 78 heavy (non-hydrogen) atoms. The second kappa shape index (κ2) is 56.6. The first-order chi connectivity index (χ1) is 38.0. The smallest absolute Gasteiger partial charge is 0.309 e. The van der Waals surface area contributed by atoms with E-state index in [0.29, 0.717) is 23.9 Å². The molecular formula is C68H104NO8P. The summed E-state index contributed by atoms with van der Waals surface area (Å²) in [5, 5.41) is 0. The molecule has 0 aliphatic heterocycles. The number of esters is 2. The monoisotopic (exact) mass is 1090 g/mol. The van der Waals surface area contributed by atoms with Crippen molar-refractivity contribution in [3.63, 3.8) is 0 Å². The second-order valence-electron chi connectivity index (χ2n) is 19.6. The van der Waals surface area contributed by atoms with Crippen LogP contribution in [0.2, 0.25) is 0 Å². The highest BCUT2D eigenvalue weighted by Gasteiger charge is 2.21. The van der Waals surface area contributed by atoms with Gasteiger partial charge in [0, 0.05) is 6.42 Å². The van der Waals surface area contributed by atoms with Crippen LogP contribution in [0.25, 0.3) is 0 Å². The number of phosphoric acid groups is 1. The summed E-state index contributed by atoms with van der Waals surface area (Å²) >= 11 is 0. The number of carbonyl (C=O) groups excluding carboxylic acids is 2. The predicted molar refractivity (Wildman–Crippen MR) is 332 cm³/mol. The van der Waals surface area contributed by atoms with Crippen molar-refractivity contribution in [2.24, 2.45) is 0 Å². The molecule has 0 spiro atoms. The first-order valence-electron chi connectivity index (χ1n) is 29.1. The SMILES string of the molecule is CC/C=C\C/C=C\C/C=C\C/C=C\C/C=C\C/C=C\C/C=C\C/C=C\C/C=C\C/C=C\C/C=C\CCCCCCCC(=O)OC(COC(=O)C/C=C\C/C=C\C/C=C\C/C=C\C/C=C\CC)COP(=O)([O-])OCC[N+](C)(C)C. The van der Waals surface area contributed by atoms with Crippen LogP contribution in [0.1, 0.15) is 168 Å². The molecule has 0 aromatic carbocycles. The molecule has 0 fully saturated rings. The number of phosphoric ester groups is 1. The Labute approximate surface area is 475 Å². The van der Waals surface area contributed by atoms with Crippen molar-refractivity contribution in [1.82, 2.24) is 0 Å². The van der Waals surface area contributed by atoms with Gasteiger partial charge in [-0.1, -0.05) is 228 Å². The molecule has 0 saturated heterocycles. The van der Waals surface area contributed by atoms with Gasteiger partial charge in [0.15, 0.2) is 6.10 Å². The number of hydrogen-bond acceptors (Lipinski definition) is 8. The Kier molecular flexibility index (Phi) is 52.8. The Hall–Kier alpha value is -5.15. The van der Waals surface area contributed by atoms with Crippen molar-refractivity contribution in [2.75, 3.05) is 47.5 Å². The summed E-state index contributed by atoms with van der Waals surface area (Å²) in [7, 11) is 1.07. The Morgan fingerprint density at radius 2 is 0.731 bits per heavy atom. The van der Waals surface area contributed by atoms with Crippen LogP contribution in [0.15, 0.2) is 194 Å². The van der Waals surface area contributed by atoms with Crippen molar-refractivity contribution >= 4 is 19.8 Å². The molecular weight excluding hydrogens is 990 g/mol. The van der Waals surface area contributed by atoms with Gasteiger partial charge in [-0.15, -0.1) is 0 Å². The number of hydrogen-bond donors (Lipinski definition) is 0. The molecule has 0 amide bonds. The highest BCUT2D eigenvalue weighted by atomic mass is 31.2. The van der Waals surface area contributed by atoms with Gasteiger partial charge in [0.2, 0.25) is 0 Å². The van der Waals surface area contributed by atoms with E-state index in [1.54, 1.807) is 6.08 Å². The third-order valence-electron chi connectivity index (χ3n) is 11.1. The number of allylic oxidation sites excluding steroid dienone is 31. The minimum absolute atomic E-state index is 0.0280. The second-order valence-corrected chi connectivity index (χ2v) is 21.0. The zero-order chi connectivity index (χ0) is 57.0. The van der Waals surface area contributed by atoms with E-state index in [9.17, 15) is 19.0 Å². The summed E-state index contributed by atoms with van der Waals surface area (Å²) < 4.78 is 33.9. The maximum atomic E-state index is 12.8. The lowest BCUT2D eigenvalue weighted by atomic mass is 10.1. The minimum atomic E-state index is -4.67. The van der Waals surface area contributed by atoms with Crippen molar-refractivity contribution in [1.29, 1.82) is 0 Å². The normalized spacial score (nSPS) is 14.7. The molecule has 0 saturated carbocycles. The molecule has 0 radical (unpaired) electrons. The van der Waals surface area contributed by atoms with Crippen molar-refractivity contribution in [3.8, 4) is 0 Å². The highest BCUT2D eigenvalue weighted by Crippen LogP contribution is 2.38. The van der Waals surface area contributed by atoms with E-state index in [1.165, 1.54) is 0 Å². The molecule has 9 nitrogen and oxygen atoms in total. The lowest BCUT2D eigenvalue weighted by molar-refractivity contribution is -0.870. The van der Waals surface area contributed by atoms with Crippen LogP contribution in [0.5, 0.6) is 0 Å². The fraction of sp³-hybridized carbons (Fsp3) is 0.500. The van der Waals surface area contributed by atoms with Gasteiger partial charge in [-0.2, -0.15) is 0 Å². The van der Waals surface area contributed by atoms with Gasteiger partial charge >= 0.3 is 11.9 Å². The van der Waals surface area contributed by atoms with Gasteiger partial charge in [0.1, 0.15) is 19.8 Å². The number of likely N-dealkylation sites (N-methyl/N-ethyl adjacent to an activating group) is 1. The van der Waals surface area contributed by atoms with Gasteiger partial charge in [0.05, 0.1) is 34.2 Å². The number of carbonyl (C=O) groups is 2. The van der Waals surface area contributed by atoms with Crippen LogP contribution in [0.3, 0.4) is 0 Å². The maximum absolute atomic E-state index is 12.8. The molecule has 0 aromatic rings. The van der Waals surface area contributed by atoms with Crippen LogP contribution >= 0.6 is 7.82 Å². The van der Waals surface area contributed by atoms with E-state index < -0.39 is 32.5 Å². The number of ether oxygens (including phenoxy) is 2. The van der Waals surface area contributed by atoms with Crippen LogP contribution in [-0.2, 0) is 32.7 Å². The third-order valence-corrected chi connectivity index (χ3v) is 12.1. The Bertz CT molecular complexity index is 2010. The first kappa shape index (κ1) is 72.8. The standard InChI is InChI=1S/C68H104NO8P/c1-6-8-10-12-14-16-18-20-22-23-24-25-26-27-28-29-30-31-32-33-34-35-36-37-38-39-40-41-42-43-44-45-47-49-51-53-55-57-59-61-68(71)77-66(65-76-78(72,73)75-63-62-69(3,4)5)64-74-67(70)60-58-56-54-52-50-48-46-21-19-17-15-13-11-9-7-2/h8-11,14-17,20-22,24-25,27-28,30-31,33-34,36-37,39-40,42-43,45-47,50,52,56,58,66H,6-7,12-13,18-19,23,26,29,32,35,38,41,44,48-49,51,53-55,57,59-65H2,1-5H3/b10-8-,11-9-,16-14-,17-15-,22-20-,25-24-,28-27-,31-30-,34-33-,37-36-,40-39-,43-42-,46-21-,47-45-,52-50-,58-56-. The summed E-state index contributed by atoms with van der Waals surface area (Å²) in [6, 6.07) is 0. The van der Waals surface area contributed by atoms with E-state index in [4.69, 9.17) is 18.5 Å². The molecule has 0 aromatic heterocycles. The molecule has 0 heterocycles. The molecule has 0 rings (SSSR count). The van der Waals surface area contributed by atoms with E-state index in [-0.39, 0.29) is 26.1 Å². The third kappa shape index (κ3) is 60.1. The summed E-state index contributed by atoms with van der Waals surface area (Å²) in [5.74, 6) is -1.02. The fourth-order valence-corrected chi connectivity index (χ4v) is 7.46. The molecule has 0 bridgehead atoms. The van der Waals surface area contributed by atoms with Gasteiger partial charge in [-0.05, 0) is 122 Å². The number of quaternary nitrogens is 1. The van der Waals surface area contributed by atoms with Gasteiger partial charge in [-0.25, -0.2) is 0 Å². The Morgan fingerprint density at radius 1 is 0.410 bits per heavy atom. The zero-order valence-corrected chi connectivity index (χ0v) is 49.9. The fourth-order valence-electron chi connectivity index (χ4n) is 6.73. The van der Waals surface area contributed by atoms with Crippen LogP contribution in [-0.4, -0.2) is 70.0 Å². The predicted octanol–water partition coefficient (Wildman–Crippen LogP) is 18.0. The highest BCUT2D eigenvalue weighted by molar-refractivity contribution is 7.45. The lowest BCUT2D eigenvalue weighted by Crippen LogP contribution is -2.37. The topological polar surface area (TPSA) is 111 Å². The van der Waals surface area contributed by atoms with E-state index in [2.05, 4.69) is 190 Å². The summed E-state index contributed by atoms with van der Waals surface area (Å²) in [4.78, 5) is 37.7. The molecule has 0 aliphatic rings. The van der Waals surface area contributed by atoms with Crippen LogP contribution in [0, 0.1) is 0 Å². The quantitative estimate of drug-likeness (QED) is 0.0195. The number of nitrogens with zero attached hydrogens (tertiary/aromatic N) is 1. The van der Waals surface area contributed by atoms with Crippen molar-refractivity contribution < 1.29 is 42.1 Å². The maximum Gasteiger partial charge on any atom is 0.309 e. The Morgan fingerprint density at radius 3 is 1.09 bits per heavy atom. The summed E-state index contributed by atoms with van der Waals surface area (Å²) in [5.41, 5.74) is 0. The molecule has 2 unspecified atom stereocenters. The van der Waals surface area contributed by atoms with Crippen LogP contribution in [0.4, 0.5) is 0 Å². The van der Waals surface area contributed by atoms with Crippen molar-refractivity contribution in [3.05, 3.63) is 194 Å². The minimum Gasteiger partial charge on any atom is -0.756 e. The van der Waals surface area contributed by atoms with Crippen LogP contribution < -0.4 is 4.89 Å². The lowest BCUT2D eigenvalue weighted by Gasteiger charge is -2.28. The number of unbranched alkanes of at least 4 members (excludes halogenated alkanes) is 5. The molecule has 434 valence electrons. The largest absolute Gasteiger partial charge is 0.756 e. The summed E-state index contributed by atoms with van der Waals surface area (Å²) in [6.07, 6.45) is 89.5. The van der Waals surface area contributed by atoms with Crippen molar-refractivity contribution in [2.45, 2.75) is 174 Å². The van der Waals surface area contributed by atoms with Gasteiger partial charge in [0.25, 0.3) is 7.82 Å². The van der Waals surface area contributed by atoms with E-state index >= 15 is 0 Å². The first-order valence-corrected chi connectivity index (χ1v) is 30.6. The number of rotatable bonds is 50. The molecule has 10 heteroatoms. The molecule has 0 aliphatic carbocycles. The average molecular weight is 1090 g/mol. The molecule has 2 atom stereocenters. The Balaban J connectivity index is 4.27. The molecule has 0 N–H and O–H groups in total. The van der Waals surface area contributed by atoms with E-state index in [0.717, 1.165) is 128 Å².